The van der Waals surface area contributed by atoms with Gasteiger partial charge in [-0.15, -0.1) is 0 Å². The van der Waals surface area contributed by atoms with Crippen molar-refractivity contribution in [3.05, 3.63) is 35.0 Å². The maximum Gasteiger partial charge on any atom is 0.137 e. The molecule has 2 fully saturated rings. The van der Waals surface area contributed by atoms with Crippen molar-refractivity contribution in [2.24, 2.45) is 11.8 Å². The van der Waals surface area contributed by atoms with Gasteiger partial charge in [-0.3, -0.25) is 4.79 Å². The molecule has 1 saturated carbocycles. The number of fused-ring (bicyclic) bond motifs is 2. The van der Waals surface area contributed by atoms with Crippen LogP contribution in [0.4, 0.5) is 0 Å². The summed E-state index contributed by atoms with van der Waals surface area (Å²) >= 11 is 0. The number of carbonyl (C=O) groups excluding carboxylic acids is 1. The van der Waals surface area contributed by atoms with E-state index in [1.165, 1.54) is 35.0 Å². The van der Waals surface area contributed by atoms with Crippen LogP contribution in [0.2, 0.25) is 0 Å². The number of aromatic amines is 1. The molecular formula is C23H30N2O2. The van der Waals surface area contributed by atoms with Crippen molar-refractivity contribution < 1.29 is 9.90 Å². The Morgan fingerprint density at radius 1 is 1.37 bits per heavy atom. The number of hydrogen-bond donors (Lipinski definition) is 2. The number of nitrogens with one attached hydrogen (secondary N) is 1. The number of benzene rings is 1. The van der Waals surface area contributed by atoms with Gasteiger partial charge in [-0.1, -0.05) is 19.1 Å². The lowest BCUT2D eigenvalue weighted by Gasteiger charge is -2.45. The first-order valence-electron chi connectivity index (χ1n) is 10.5. The largest absolute Gasteiger partial charge is 0.396 e. The van der Waals surface area contributed by atoms with Gasteiger partial charge in [0.2, 0.25) is 0 Å². The van der Waals surface area contributed by atoms with Crippen LogP contribution < -0.4 is 0 Å². The van der Waals surface area contributed by atoms with Gasteiger partial charge >= 0.3 is 0 Å². The topological polar surface area (TPSA) is 56.3 Å². The number of aromatic nitrogens is 1. The van der Waals surface area contributed by atoms with Gasteiger partial charge in [0, 0.05) is 54.0 Å². The van der Waals surface area contributed by atoms with Crippen LogP contribution >= 0.6 is 0 Å². The monoisotopic (exact) mass is 366 g/mol. The number of carbonyl (C=O) groups is 1. The highest BCUT2D eigenvalue weighted by Crippen LogP contribution is 2.50. The van der Waals surface area contributed by atoms with E-state index in [1.807, 2.05) is 6.92 Å². The number of likely N-dealkylation sites (tertiary alicyclic amines) is 1. The van der Waals surface area contributed by atoms with E-state index in [0.717, 1.165) is 25.3 Å². The Bertz CT molecular complexity index is 882. The molecule has 144 valence electrons. The molecule has 0 amide bonds. The highest BCUT2D eigenvalue weighted by Gasteiger charge is 2.43. The molecule has 4 heteroatoms. The number of ketones is 1. The van der Waals surface area contributed by atoms with E-state index in [-0.39, 0.29) is 18.4 Å². The highest BCUT2D eigenvalue weighted by molar-refractivity contribution is 5.90. The van der Waals surface area contributed by atoms with Crippen molar-refractivity contribution in [1.29, 1.82) is 0 Å². The second kappa shape index (κ2) is 6.46. The van der Waals surface area contributed by atoms with Crippen molar-refractivity contribution >= 4 is 16.7 Å². The second-order valence-electron chi connectivity index (χ2n) is 9.27. The van der Waals surface area contributed by atoms with Gasteiger partial charge in [-0.25, -0.2) is 0 Å². The Balaban J connectivity index is 1.50. The minimum atomic E-state index is 0.0627. The van der Waals surface area contributed by atoms with Crippen LogP contribution in [0.1, 0.15) is 61.3 Å². The molecule has 1 aliphatic heterocycles. The van der Waals surface area contributed by atoms with E-state index in [2.05, 4.69) is 35.1 Å². The molecule has 2 heterocycles. The molecule has 1 saturated heterocycles. The van der Waals surface area contributed by atoms with Gasteiger partial charge in [0.1, 0.15) is 5.78 Å². The predicted molar refractivity (Wildman–Crippen MR) is 107 cm³/mol. The minimum absolute atomic E-state index is 0.0627. The zero-order valence-corrected chi connectivity index (χ0v) is 16.4. The summed E-state index contributed by atoms with van der Waals surface area (Å²) in [5, 5.41) is 10.8. The number of aliphatic hydroxyl groups excluding tert-OH is 1. The summed E-state index contributed by atoms with van der Waals surface area (Å²) in [6.07, 6.45) is 5.20. The Kier molecular flexibility index (Phi) is 4.17. The van der Waals surface area contributed by atoms with E-state index in [9.17, 15) is 9.90 Å². The second-order valence-corrected chi connectivity index (χ2v) is 9.27. The first-order chi connectivity index (χ1) is 13.1. The van der Waals surface area contributed by atoms with Crippen LogP contribution in [-0.4, -0.2) is 47.0 Å². The fourth-order valence-electron chi connectivity index (χ4n) is 5.59. The maximum atomic E-state index is 12.8. The number of Topliss-reactive ketones (excluding diaryl/α,β-unsaturated/α-hetero) is 1. The molecular weight excluding hydrogens is 336 g/mol. The van der Waals surface area contributed by atoms with Crippen LogP contribution in [0.25, 0.3) is 10.9 Å². The van der Waals surface area contributed by atoms with Gasteiger partial charge in [-0.05, 0) is 61.8 Å². The minimum Gasteiger partial charge on any atom is -0.396 e. The summed E-state index contributed by atoms with van der Waals surface area (Å²) < 4.78 is 0. The van der Waals surface area contributed by atoms with Crippen molar-refractivity contribution in [2.45, 2.75) is 56.9 Å². The first kappa shape index (κ1) is 17.4. The average molecular weight is 367 g/mol. The third kappa shape index (κ3) is 2.85. The van der Waals surface area contributed by atoms with Crippen molar-refractivity contribution in [2.75, 3.05) is 20.2 Å². The lowest BCUT2D eigenvalue weighted by molar-refractivity contribution is -0.126. The van der Waals surface area contributed by atoms with Crippen LogP contribution in [-0.2, 0) is 11.2 Å². The number of rotatable bonds is 5. The van der Waals surface area contributed by atoms with Gasteiger partial charge in [0.15, 0.2) is 0 Å². The van der Waals surface area contributed by atoms with Crippen molar-refractivity contribution in [3.8, 4) is 0 Å². The molecule has 3 aliphatic rings. The normalized spacial score (nSPS) is 28.9. The summed E-state index contributed by atoms with van der Waals surface area (Å²) in [5.41, 5.74) is 5.77. The predicted octanol–water partition coefficient (Wildman–Crippen LogP) is 3.59. The number of H-pyrrole nitrogens is 1. The fraction of sp³-hybridized carbons (Fsp3) is 0.609. The Hall–Kier alpha value is -1.65. The first-order valence-corrected chi connectivity index (χ1v) is 10.5. The Morgan fingerprint density at radius 3 is 2.93 bits per heavy atom. The lowest BCUT2D eigenvalue weighted by Crippen LogP contribution is -2.49. The molecule has 2 aromatic rings. The van der Waals surface area contributed by atoms with Gasteiger partial charge in [0.05, 0.1) is 0 Å². The fourth-order valence-corrected chi connectivity index (χ4v) is 5.59. The number of hydrogen-bond acceptors (Lipinski definition) is 3. The van der Waals surface area contributed by atoms with Crippen molar-refractivity contribution in [1.82, 2.24) is 9.88 Å². The molecule has 5 rings (SSSR count). The molecule has 0 radical (unpaired) electrons. The number of aliphatic hydroxyl groups is 1. The van der Waals surface area contributed by atoms with Gasteiger partial charge < -0.3 is 15.0 Å². The van der Waals surface area contributed by atoms with Crippen LogP contribution in [0, 0.1) is 11.8 Å². The molecule has 4 nitrogen and oxygen atoms in total. The highest BCUT2D eigenvalue weighted by atomic mass is 16.3. The summed E-state index contributed by atoms with van der Waals surface area (Å²) in [5.74, 6) is 1.64. The summed E-state index contributed by atoms with van der Waals surface area (Å²) in [4.78, 5) is 19.0. The van der Waals surface area contributed by atoms with E-state index in [0.29, 0.717) is 24.2 Å². The Morgan fingerprint density at radius 2 is 2.19 bits per heavy atom. The Labute approximate surface area is 160 Å². The molecule has 2 N–H and O–H groups in total. The van der Waals surface area contributed by atoms with E-state index in [4.69, 9.17) is 0 Å². The maximum absolute atomic E-state index is 12.8. The standard InChI is InChI=1S/C23H30N2O2/c1-13(12-26)8-21(27)15-9-17-16-4-3-5-19-22(16)18(10-20(17)25(2)11-15)23(24-19)14-6-7-14/h3-5,13-15,17,20,24,26H,6-12H2,1-2H3. The van der Waals surface area contributed by atoms with Crippen LogP contribution in [0.15, 0.2) is 18.2 Å². The summed E-state index contributed by atoms with van der Waals surface area (Å²) in [6, 6.07) is 7.18. The lowest BCUT2D eigenvalue weighted by atomic mass is 9.70. The molecule has 0 spiro atoms. The van der Waals surface area contributed by atoms with Gasteiger partial charge in [-0.2, -0.15) is 0 Å². The SMILES string of the molecule is CC(CO)CC(=O)C1CC2c3cccc4[nH]c(C5CC5)c(c34)CC2N(C)C1. The summed E-state index contributed by atoms with van der Waals surface area (Å²) in [6.45, 7) is 2.91. The molecule has 1 aromatic carbocycles. The van der Waals surface area contributed by atoms with Crippen LogP contribution in [0.5, 0.6) is 0 Å². The number of nitrogens with zero attached hydrogens (tertiary/aromatic N) is 1. The van der Waals surface area contributed by atoms with E-state index >= 15 is 0 Å². The zero-order valence-electron chi connectivity index (χ0n) is 16.4. The molecule has 0 bridgehead atoms. The van der Waals surface area contributed by atoms with E-state index < -0.39 is 0 Å². The quantitative estimate of drug-likeness (QED) is 0.850. The molecule has 2 aliphatic carbocycles. The molecule has 27 heavy (non-hydrogen) atoms. The zero-order chi connectivity index (χ0) is 18.7. The smallest absolute Gasteiger partial charge is 0.137 e. The van der Waals surface area contributed by atoms with Crippen molar-refractivity contribution in [3.63, 3.8) is 0 Å². The third-order valence-electron chi connectivity index (χ3n) is 7.19. The molecule has 4 atom stereocenters. The average Bonchev–Trinajstić information content (AvgIpc) is 3.45. The van der Waals surface area contributed by atoms with Gasteiger partial charge in [0.25, 0.3) is 0 Å². The van der Waals surface area contributed by atoms with Crippen LogP contribution in [0.3, 0.4) is 0 Å². The summed E-state index contributed by atoms with van der Waals surface area (Å²) in [7, 11) is 2.20. The number of likely N-dealkylation sites (N-methyl/N-ethyl adjacent to an activating group) is 1. The third-order valence-corrected chi connectivity index (χ3v) is 7.19. The molecule has 1 aromatic heterocycles. The number of piperidine rings is 1. The van der Waals surface area contributed by atoms with E-state index in [1.54, 1.807) is 5.56 Å². The molecule has 4 unspecified atom stereocenters.